The Morgan fingerprint density at radius 3 is 2.41 bits per heavy atom. The smallest absolute Gasteiger partial charge is 0.338 e. The summed E-state index contributed by atoms with van der Waals surface area (Å²) in [6.07, 6.45) is 1.60. The summed E-state index contributed by atoms with van der Waals surface area (Å²) in [5.74, 6) is -0.887. The van der Waals surface area contributed by atoms with E-state index in [9.17, 15) is 19.2 Å². The molecule has 0 unspecified atom stereocenters. The maximum Gasteiger partial charge on any atom is 0.338 e. The lowest BCUT2D eigenvalue weighted by Gasteiger charge is -2.14. The third-order valence-corrected chi connectivity index (χ3v) is 4.26. The monoisotopic (exact) mass is 369 g/mol. The highest BCUT2D eigenvalue weighted by Crippen LogP contribution is 2.15. The van der Waals surface area contributed by atoms with Crippen molar-refractivity contribution in [3.63, 3.8) is 0 Å². The van der Waals surface area contributed by atoms with Gasteiger partial charge >= 0.3 is 17.1 Å². The number of carbonyl (C=O) groups is 2. The van der Waals surface area contributed by atoms with Gasteiger partial charge in [0.15, 0.2) is 5.78 Å². The quantitative estimate of drug-likeness (QED) is 0.404. The highest BCUT2D eigenvalue weighted by Gasteiger charge is 2.18. The van der Waals surface area contributed by atoms with Crippen LogP contribution in [0.3, 0.4) is 0 Å². The van der Waals surface area contributed by atoms with E-state index in [-0.39, 0.29) is 31.0 Å². The molecule has 27 heavy (non-hydrogen) atoms. The van der Waals surface area contributed by atoms with Crippen molar-refractivity contribution in [2.24, 2.45) is 0 Å². The average Bonchev–Trinajstić information content (AvgIpc) is 3.20. The maximum absolute atomic E-state index is 12.6. The minimum absolute atomic E-state index is 0.212. The molecule has 1 N–H and O–H groups in total. The Labute approximate surface area is 154 Å². The van der Waals surface area contributed by atoms with Crippen LogP contribution in [0.15, 0.2) is 46.1 Å². The standard InChI is InChI=1S/C19H19N3O5/c1-3-21-14-8-7-12(19(26)27-4-2)10-15(14)22(18(25)17(21)24)11-16(23)13-6-5-9-20-13/h5-10,20H,3-4,11H2,1-2H3. The summed E-state index contributed by atoms with van der Waals surface area (Å²) in [7, 11) is 0. The summed E-state index contributed by atoms with van der Waals surface area (Å²) in [6, 6.07) is 7.85. The van der Waals surface area contributed by atoms with E-state index in [1.54, 1.807) is 38.2 Å². The lowest BCUT2D eigenvalue weighted by atomic mass is 10.1. The summed E-state index contributed by atoms with van der Waals surface area (Å²) in [4.78, 5) is 52.4. The van der Waals surface area contributed by atoms with Crippen LogP contribution in [0.1, 0.15) is 34.7 Å². The van der Waals surface area contributed by atoms with Gasteiger partial charge in [-0.25, -0.2) is 4.79 Å². The predicted octanol–water partition coefficient (Wildman–Crippen LogP) is 1.57. The van der Waals surface area contributed by atoms with Crippen LogP contribution < -0.4 is 11.1 Å². The van der Waals surface area contributed by atoms with Gasteiger partial charge in [0.05, 0.1) is 35.4 Å². The topological polar surface area (TPSA) is 103 Å². The van der Waals surface area contributed by atoms with E-state index in [1.165, 1.54) is 16.7 Å². The van der Waals surface area contributed by atoms with Gasteiger partial charge in [0, 0.05) is 12.7 Å². The maximum atomic E-state index is 12.6. The van der Waals surface area contributed by atoms with Gasteiger partial charge in [-0.15, -0.1) is 0 Å². The summed E-state index contributed by atoms with van der Waals surface area (Å²) in [5.41, 5.74) is -0.165. The van der Waals surface area contributed by atoms with Gasteiger partial charge in [0.25, 0.3) is 0 Å². The van der Waals surface area contributed by atoms with E-state index in [0.29, 0.717) is 16.7 Å². The number of ketones is 1. The molecule has 8 nitrogen and oxygen atoms in total. The predicted molar refractivity (Wildman–Crippen MR) is 99.2 cm³/mol. The SMILES string of the molecule is CCOC(=O)c1ccc2c(c1)n(CC(=O)c1ccc[nH]1)c(=O)c(=O)n2CC. The molecule has 0 radical (unpaired) electrons. The fourth-order valence-corrected chi connectivity index (χ4v) is 2.96. The van der Waals surface area contributed by atoms with Gasteiger partial charge in [-0.3, -0.25) is 19.0 Å². The van der Waals surface area contributed by atoms with E-state index < -0.39 is 17.1 Å². The second-order valence-corrected chi connectivity index (χ2v) is 5.87. The zero-order valence-corrected chi connectivity index (χ0v) is 15.0. The molecule has 2 aromatic heterocycles. The van der Waals surface area contributed by atoms with E-state index in [4.69, 9.17) is 4.74 Å². The van der Waals surface area contributed by atoms with Crippen molar-refractivity contribution in [2.75, 3.05) is 6.61 Å². The number of hydrogen-bond acceptors (Lipinski definition) is 5. The van der Waals surface area contributed by atoms with Crippen molar-refractivity contribution in [3.8, 4) is 0 Å². The average molecular weight is 369 g/mol. The number of carbonyl (C=O) groups excluding carboxylic acids is 2. The molecule has 8 heteroatoms. The third kappa shape index (κ3) is 3.33. The van der Waals surface area contributed by atoms with E-state index in [1.807, 2.05) is 0 Å². The second-order valence-electron chi connectivity index (χ2n) is 5.87. The first-order valence-corrected chi connectivity index (χ1v) is 8.59. The van der Waals surface area contributed by atoms with Gasteiger partial charge in [0.1, 0.15) is 0 Å². The van der Waals surface area contributed by atoms with Crippen LogP contribution >= 0.6 is 0 Å². The Balaban J connectivity index is 2.23. The summed E-state index contributed by atoms with van der Waals surface area (Å²) in [6.45, 7) is 3.62. The number of hydrogen-bond donors (Lipinski definition) is 1. The normalized spacial score (nSPS) is 10.9. The van der Waals surface area contributed by atoms with Gasteiger partial charge in [-0.2, -0.15) is 0 Å². The van der Waals surface area contributed by atoms with Crippen molar-refractivity contribution in [3.05, 3.63) is 68.5 Å². The van der Waals surface area contributed by atoms with Crippen LogP contribution in [0.25, 0.3) is 11.0 Å². The fraction of sp³-hybridized carbons (Fsp3) is 0.263. The van der Waals surface area contributed by atoms with Crippen LogP contribution in [0.2, 0.25) is 0 Å². The molecular formula is C19H19N3O5. The van der Waals surface area contributed by atoms with Crippen LogP contribution in [0, 0.1) is 0 Å². The van der Waals surface area contributed by atoms with Crippen molar-refractivity contribution < 1.29 is 14.3 Å². The van der Waals surface area contributed by atoms with Crippen LogP contribution in [-0.2, 0) is 17.8 Å². The lowest BCUT2D eigenvalue weighted by molar-refractivity contribution is 0.0526. The third-order valence-electron chi connectivity index (χ3n) is 4.26. The molecule has 140 valence electrons. The second kappa shape index (κ2) is 7.45. The molecule has 0 saturated heterocycles. The molecule has 0 saturated carbocycles. The van der Waals surface area contributed by atoms with Crippen molar-refractivity contribution in [1.29, 1.82) is 0 Å². The first-order valence-electron chi connectivity index (χ1n) is 8.59. The molecule has 0 aliphatic rings. The van der Waals surface area contributed by atoms with Crippen molar-refractivity contribution in [2.45, 2.75) is 26.9 Å². The van der Waals surface area contributed by atoms with Gasteiger partial charge in [-0.1, -0.05) is 0 Å². The summed E-state index contributed by atoms with van der Waals surface area (Å²) in [5, 5.41) is 0. The highest BCUT2D eigenvalue weighted by molar-refractivity contribution is 5.96. The Kier molecular flexibility index (Phi) is 5.07. The number of nitrogens with zero attached hydrogens (tertiary/aromatic N) is 2. The zero-order valence-electron chi connectivity index (χ0n) is 15.0. The van der Waals surface area contributed by atoms with Gasteiger partial charge < -0.3 is 14.3 Å². The van der Waals surface area contributed by atoms with E-state index >= 15 is 0 Å². The number of aromatic nitrogens is 3. The molecule has 3 rings (SSSR count). The molecule has 0 amide bonds. The number of fused-ring (bicyclic) bond motifs is 1. The lowest BCUT2D eigenvalue weighted by Crippen LogP contribution is -2.42. The Bertz CT molecular complexity index is 1120. The van der Waals surface area contributed by atoms with Crippen LogP contribution in [-0.4, -0.2) is 32.5 Å². The Hall–Kier alpha value is -3.42. The highest BCUT2D eigenvalue weighted by atomic mass is 16.5. The first kappa shape index (κ1) is 18.4. The molecule has 0 aliphatic carbocycles. The van der Waals surface area contributed by atoms with E-state index in [2.05, 4.69) is 4.98 Å². The summed E-state index contributed by atoms with van der Waals surface area (Å²) < 4.78 is 7.43. The fourth-order valence-electron chi connectivity index (χ4n) is 2.96. The molecule has 0 bridgehead atoms. The Morgan fingerprint density at radius 2 is 1.78 bits per heavy atom. The molecule has 1 aromatic carbocycles. The summed E-state index contributed by atoms with van der Waals surface area (Å²) >= 11 is 0. The number of benzene rings is 1. The molecule has 0 atom stereocenters. The largest absolute Gasteiger partial charge is 0.462 e. The minimum Gasteiger partial charge on any atom is -0.462 e. The number of rotatable bonds is 6. The zero-order chi connectivity index (χ0) is 19.6. The van der Waals surface area contributed by atoms with E-state index in [0.717, 1.165) is 4.57 Å². The number of aryl methyl sites for hydroxylation is 1. The minimum atomic E-state index is -0.815. The van der Waals surface area contributed by atoms with Crippen LogP contribution in [0.4, 0.5) is 0 Å². The number of H-pyrrole nitrogens is 1. The number of esters is 1. The molecule has 3 aromatic rings. The number of nitrogens with one attached hydrogen (secondary N) is 1. The van der Waals surface area contributed by atoms with Gasteiger partial charge in [-0.05, 0) is 44.2 Å². The van der Waals surface area contributed by atoms with Crippen LogP contribution in [0.5, 0.6) is 0 Å². The molecule has 0 spiro atoms. The molecule has 0 aliphatic heterocycles. The molecule has 2 heterocycles. The number of Topliss-reactive ketones (excluding diaryl/α,β-unsaturated/α-hetero) is 1. The first-order chi connectivity index (χ1) is 13.0. The Morgan fingerprint density at radius 1 is 1.04 bits per heavy atom. The molecule has 0 fully saturated rings. The van der Waals surface area contributed by atoms with Gasteiger partial charge in [0.2, 0.25) is 0 Å². The van der Waals surface area contributed by atoms with Crippen molar-refractivity contribution >= 4 is 22.8 Å². The molecular weight excluding hydrogens is 350 g/mol. The number of aromatic amines is 1. The van der Waals surface area contributed by atoms with Crippen molar-refractivity contribution in [1.82, 2.24) is 14.1 Å². The number of ether oxygens (including phenoxy) is 1.